The van der Waals surface area contributed by atoms with E-state index in [1.54, 1.807) is 13.3 Å². The average Bonchev–Trinajstić information content (AvgIpc) is 3.47. The maximum atomic E-state index is 5.52. The number of fused-ring (bicyclic) bond motifs is 1. The number of ether oxygens (including phenoxy) is 1. The summed E-state index contributed by atoms with van der Waals surface area (Å²) >= 11 is 0. The molecule has 0 aromatic carbocycles. The fourth-order valence-corrected chi connectivity index (χ4v) is 3.62. The number of nitrogens with zero attached hydrogens (tertiary/aromatic N) is 5. The fourth-order valence-electron chi connectivity index (χ4n) is 3.62. The summed E-state index contributed by atoms with van der Waals surface area (Å²) in [7, 11) is 1.69. The van der Waals surface area contributed by atoms with Gasteiger partial charge < -0.3 is 15.4 Å². The Labute approximate surface area is 157 Å². The third kappa shape index (κ3) is 3.21. The minimum Gasteiger partial charge on any atom is -0.495 e. The summed E-state index contributed by atoms with van der Waals surface area (Å²) in [6.45, 7) is 2.02. The van der Waals surface area contributed by atoms with Gasteiger partial charge in [-0.05, 0) is 38.3 Å². The van der Waals surface area contributed by atoms with Gasteiger partial charge in [-0.2, -0.15) is 5.10 Å². The number of hydrogen-bond acceptors (Lipinski definition) is 7. The lowest BCUT2D eigenvalue weighted by Gasteiger charge is -2.23. The number of nitrogens with one attached hydrogen (secondary N) is 2. The minimum absolute atomic E-state index is 0.361. The van der Waals surface area contributed by atoms with Crippen molar-refractivity contribution in [1.82, 2.24) is 29.9 Å². The molecule has 1 aliphatic heterocycles. The van der Waals surface area contributed by atoms with Gasteiger partial charge >= 0.3 is 0 Å². The number of hydrogen-bond donors (Lipinski definition) is 2. The van der Waals surface area contributed by atoms with Crippen molar-refractivity contribution < 1.29 is 4.74 Å². The molecule has 1 unspecified atom stereocenters. The van der Waals surface area contributed by atoms with Gasteiger partial charge in [0.15, 0.2) is 5.65 Å². The molecule has 2 aliphatic rings. The Hall–Kier alpha value is -2.74. The molecular formula is C19H23N7O. The first-order chi connectivity index (χ1) is 13.3. The monoisotopic (exact) mass is 365 g/mol. The van der Waals surface area contributed by atoms with Gasteiger partial charge in [-0.1, -0.05) is 0 Å². The number of rotatable bonds is 5. The molecule has 3 aromatic heterocycles. The van der Waals surface area contributed by atoms with Crippen LogP contribution in [0.4, 0.5) is 5.95 Å². The number of anilines is 1. The molecule has 0 amide bonds. The molecule has 140 valence electrons. The molecule has 2 N–H and O–H groups in total. The van der Waals surface area contributed by atoms with Gasteiger partial charge in [-0.25, -0.2) is 19.5 Å². The number of methoxy groups -OCH3 is 1. The fraction of sp³-hybridized carbons (Fsp3) is 0.474. The van der Waals surface area contributed by atoms with E-state index in [0.717, 1.165) is 60.8 Å². The molecule has 0 bridgehead atoms. The van der Waals surface area contributed by atoms with Crippen molar-refractivity contribution in [2.45, 2.75) is 37.6 Å². The normalized spacial score (nSPS) is 20.0. The molecule has 1 saturated carbocycles. The average molecular weight is 365 g/mol. The lowest BCUT2D eigenvalue weighted by Crippen LogP contribution is -2.38. The highest BCUT2D eigenvalue weighted by Crippen LogP contribution is 2.43. The van der Waals surface area contributed by atoms with E-state index >= 15 is 0 Å². The van der Waals surface area contributed by atoms with E-state index in [9.17, 15) is 0 Å². The molecule has 1 atom stereocenters. The largest absolute Gasteiger partial charge is 0.495 e. The summed E-state index contributed by atoms with van der Waals surface area (Å²) < 4.78 is 7.38. The zero-order valence-corrected chi connectivity index (χ0v) is 15.4. The highest BCUT2D eigenvalue weighted by molar-refractivity contribution is 5.61. The highest BCUT2D eigenvalue weighted by atomic mass is 16.5. The third-order valence-electron chi connectivity index (χ3n) is 5.22. The highest BCUT2D eigenvalue weighted by Gasteiger charge is 2.29. The second kappa shape index (κ2) is 6.77. The molecule has 8 nitrogen and oxygen atoms in total. The van der Waals surface area contributed by atoms with Gasteiger partial charge in [0.1, 0.15) is 17.1 Å². The van der Waals surface area contributed by atoms with Crippen LogP contribution in [0.25, 0.3) is 17.0 Å². The van der Waals surface area contributed by atoms with Crippen LogP contribution in [0.3, 0.4) is 0 Å². The van der Waals surface area contributed by atoms with Crippen molar-refractivity contribution in [2.24, 2.45) is 0 Å². The molecule has 1 aliphatic carbocycles. The predicted octanol–water partition coefficient (Wildman–Crippen LogP) is 2.24. The SMILES string of the molecule is COc1cc2ncc(-c3ccnc(NC4CCCNC4)n3)n2nc1C1CC1. The maximum Gasteiger partial charge on any atom is 0.223 e. The first-order valence-electron chi connectivity index (χ1n) is 9.55. The Morgan fingerprint density at radius 3 is 2.96 bits per heavy atom. The molecule has 27 heavy (non-hydrogen) atoms. The van der Waals surface area contributed by atoms with Crippen molar-refractivity contribution in [3.8, 4) is 17.1 Å². The Bertz CT molecular complexity index is 960. The van der Waals surface area contributed by atoms with Crippen LogP contribution in [0.1, 0.15) is 37.3 Å². The summed E-state index contributed by atoms with van der Waals surface area (Å²) in [5.74, 6) is 1.95. The van der Waals surface area contributed by atoms with E-state index in [1.807, 2.05) is 22.8 Å². The Kier molecular flexibility index (Phi) is 4.12. The molecule has 8 heteroatoms. The lowest BCUT2D eigenvalue weighted by molar-refractivity contribution is 0.405. The van der Waals surface area contributed by atoms with E-state index in [1.165, 1.54) is 6.42 Å². The van der Waals surface area contributed by atoms with Gasteiger partial charge in [-0.15, -0.1) is 0 Å². The second-order valence-electron chi connectivity index (χ2n) is 7.24. The minimum atomic E-state index is 0.361. The first-order valence-corrected chi connectivity index (χ1v) is 9.55. The van der Waals surface area contributed by atoms with Gasteiger partial charge in [-0.3, -0.25) is 0 Å². The van der Waals surface area contributed by atoms with Gasteiger partial charge in [0.2, 0.25) is 5.95 Å². The van der Waals surface area contributed by atoms with E-state index < -0.39 is 0 Å². The predicted molar refractivity (Wildman–Crippen MR) is 102 cm³/mol. The molecule has 2 fully saturated rings. The van der Waals surface area contributed by atoms with Crippen LogP contribution >= 0.6 is 0 Å². The van der Waals surface area contributed by atoms with Crippen LogP contribution in [0, 0.1) is 0 Å². The molecule has 1 saturated heterocycles. The lowest BCUT2D eigenvalue weighted by atomic mass is 10.1. The molecule has 0 radical (unpaired) electrons. The van der Waals surface area contributed by atoms with Crippen molar-refractivity contribution in [1.29, 1.82) is 0 Å². The molecular weight excluding hydrogens is 342 g/mol. The van der Waals surface area contributed by atoms with Gasteiger partial charge in [0, 0.05) is 30.8 Å². The van der Waals surface area contributed by atoms with Crippen LogP contribution < -0.4 is 15.4 Å². The van der Waals surface area contributed by atoms with Gasteiger partial charge in [0.05, 0.1) is 19.0 Å². The van der Waals surface area contributed by atoms with Crippen LogP contribution in [0.2, 0.25) is 0 Å². The third-order valence-corrected chi connectivity index (χ3v) is 5.22. The second-order valence-corrected chi connectivity index (χ2v) is 7.24. The summed E-state index contributed by atoms with van der Waals surface area (Å²) in [4.78, 5) is 13.6. The van der Waals surface area contributed by atoms with E-state index in [4.69, 9.17) is 14.8 Å². The standard InChI is InChI=1S/C19H23N7O/c1-27-16-9-17-22-11-15(26(17)25-18(16)12-4-5-12)14-6-8-21-19(24-14)23-13-3-2-7-20-10-13/h6,8-9,11-13,20H,2-5,7,10H2,1H3,(H,21,23,24). The quantitative estimate of drug-likeness (QED) is 0.717. The van der Waals surface area contributed by atoms with Crippen LogP contribution in [0.15, 0.2) is 24.5 Å². The first kappa shape index (κ1) is 16.4. The summed E-state index contributed by atoms with van der Waals surface area (Å²) in [5, 5.41) is 11.7. The van der Waals surface area contributed by atoms with E-state index in [-0.39, 0.29) is 0 Å². The molecule has 5 rings (SSSR count). The van der Waals surface area contributed by atoms with Crippen LogP contribution in [0.5, 0.6) is 5.75 Å². The topological polar surface area (TPSA) is 89.3 Å². The Morgan fingerprint density at radius 1 is 1.26 bits per heavy atom. The van der Waals surface area contributed by atoms with Gasteiger partial charge in [0.25, 0.3) is 0 Å². The molecule has 4 heterocycles. The molecule has 0 spiro atoms. The summed E-state index contributed by atoms with van der Waals surface area (Å²) in [5.41, 5.74) is 3.44. The van der Waals surface area contributed by atoms with Crippen molar-refractivity contribution in [3.63, 3.8) is 0 Å². The maximum absolute atomic E-state index is 5.52. The number of aromatic nitrogens is 5. The zero-order chi connectivity index (χ0) is 18.2. The van der Waals surface area contributed by atoms with Crippen LogP contribution in [-0.2, 0) is 0 Å². The number of piperidine rings is 1. The van der Waals surface area contributed by atoms with Crippen LogP contribution in [-0.4, -0.2) is 50.8 Å². The van der Waals surface area contributed by atoms with E-state index in [2.05, 4.69) is 20.6 Å². The van der Waals surface area contributed by atoms with Crippen molar-refractivity contribution in [3.05, 3.63) is 30.2 Å². The zero-order valence-electron chi connectivity index (χ0n) is 15.4. The van der Waals surface area contributed by atoms with Crippen molar-refractivity contribution in [2.75, 3.05) is 25.5 Å². The van der Waals surface area contributed by atoms with E-state index in [0.29, 0.717) is 17.9 Å². The number of imidazole rings is 1. The summed E-state index contributed by atoms with van der Waals surface area (Å²) in [6.07, 6.45) is 8.22. The summed E-state index contributed by atoms with van der Waals surface area (Å²) in [6, 6.07) is 4.22. The Morgan fingerprint density at radius 2 is 2.19 bits per heavy atom. The Balaban J connectivity index is 1.49. The smallest absolute Gasteiger partial charge is 0.223 e. The van der Waals surface area contributed by atoms with Crippen molar-refractivity contribution >= 4 is 11.6 Å². The molecule has 3 aromatic rings.